The molecule has 2 aromatic carbocycles. The minimum absolute atomic E-state index is 0.0843. The van der Waals surface area contributed by atoms with E-state index in [2.05, 4.69) is 39.4 Å². The van der Waals surface area contributed by atoms with E-state index in [-0.39, 0.29) is 17.3 Å². The number of nitrogens with zero attached hydrogens (tertiary/aromatic N) is 4. The number of aromatic amines is 1. The molecule has 0 bridgehead atoms. The number of H-pyrrole nitrogens is 1. The minimum atomic E-state index is -0.261. The SMILES string of the molecule is O=C(CSc1n[nH]c(=O)n1Cc1ccccc1)N1CCN(Cc2ccccc2)CC1. The molecular weight excluding hydrogens is 398 g/mol. The highest BCUT2D eigenvalue weighted by molar-refractivity contribution is 7.99. The molecule has 1 amide bonds. The van der Waals surface area contributed by atoms with Crippen molar-refractivity contribution in [3.63, 3.8) is 0 Å². The number of carbonyl (C=O) groups is 1. The van der Waals surface area contributed by atoms with Crippen LogP contribution in [0.5, 0.6) is 0 Å². The lowest BCUT2D eigenvalue weighted by molar-refractivity contribution is -0.130. The lowest BCUT2D eigenvalue weighted by atomic mass is 10.2. The highest BCUT2D eigenvalue weighted by atomic mass is 32.2. The Morgan fingerprint density at radius 1 is 0.900 bits per heavy atom. The number of amides is 1. The van der Waals surface area contributed by atoms with Gasteiger partial charge < -0.3 is 4.90 Å². The average molecular weight is 424 g/mol. The summed E-state index contributed by atoms with van der Waals surface area (Å²) in [6.07, 6.45) is 0. The molecule has 1 aromatic heterocycles. The summed E-state index contributed by atoms with van der Waals surface area (Å²) in [6, 6.07) is 20.1. The molecule has 8 heteroatoms. The van der Waals surface area contributed by atoms with Gasteiger partial charge in [0, 0.05) is 32.7 Å². The largest absolute Gasteiger partial charge is 0.344 e. The lowest BCUT2D eigenvalue weighted by Gasteiger charge is -2.34. The molecule has 0 atom stereocenters. The lowest BCUT2D eigenvalue weighted by Crippen LogP contribution is -2.48. The number of hydrogen-bond donors (Lipinski definition) is 1. The van der Waals surface area contributed by atoms with Crippen molar-refractivity contribution in [1.82, 2.24) is 24.6 Å². The van der Waals surface area contributed by atoms with Crippen molar-refractivity contribution in [3.05, 3.63) is 82.3 Å². The van der Waals surface area contributed by atoms with Gasteiger partial charge in [0.15, 0.2) is 5.16 Å². The van der Waals surface area contributed by atoms with Crippen LogP contribution in [-0.4, -0.2) is 62.4 Å². The topological polar surface area (TPSA) is 74.2 Å². The van der Waals surface area contributed by atoms with Crippen molar-refractivity contribution in [2.75, 3.05) is 31.9 Å². The van der Waals surface area contributed by atoms with Gasteiger partial charge in [-0.3, -0.25) is 14.3 Å². The van der Waals surface area contributed by atoms with E-state index in [0.29, 0.717) is 11.7 Å². The van der Waals surface area contributed by atoms with Crippen molar-refractivity contribution in [2.45, 2.75) is 18.2 Å². The smallest absolute Gasteiger partial charge is 0.339 e. The maximum absolute atomic E-state index is 12.7. The van der Waals surface area contributed by atoms with Gasteiger partial charge in [0.2, 0.25) is 5.91 Å². The van der Waals surface area contributed by atoms with E-state index in [9.17, 15) is 9.59 Å². The van der Waals surface area contributed by atoms with Crippen LogP contribution in [0.3, 0.4) is 0 Å². The number of nitrogens with one attached hydrogen (secondary N) is 1. The first-order chi connectivity index (χ1) is 14.7. The highest BCUT2D eigenvalue weighted by Crippen LogP contribution is 2.16. The van der Waals surface area contributed by atoms with Crippen molar-refractivity contribution in [2.24, 2.45) is 0 Å². The van der Waals surface area contributed by atoms with Gasteiger partial charge in [-0.1, -0.05) is 72.4 Å². The molecule has 7 nitrogen and oxygen atoms in total. The maximum atomic E-state index is 12.7. The molecule has 2 heterocycles. The summed E-state index contributed by atoms with van der Waals surface area (Å²) in [5.74, 6) is 0.360. The third kappa shape index (κ3) is 5.20. The van der Waals surface area contributed by atoms with Gasteiger partial charge in [0.05, 0.1) is 12.3 Å². The van der Waals surface area contributed by atoms with Gasteiger partial charge in [-0.15, -0.1) is 5.10 Å². The third-order valence-electron chi connectivity index (χ3n) is 5.21. The fourth-order valence-electron chi connectivity index (χ4n) is 3.53. The molecule has 0 aliphatic carbocycles. The summed E-state index contributed by atoms with van der Waals surface area (Å²) in [5.41, 5.74) is 2.05. The summed E-state index contributed by atoms with van der Waals surface area (Å²) in [6.45, 7) is 4.54. The summed E-state index contributed by atoms with van der Waals surface area (Å²) < 4.78 is 1.57. The van der Waals surface area contributed by atoms with Crippen LogP contribution in [0.15, 0.2) is 70.6 Å². The molecular formula is C22H25N5O2S. The molecule has 0 radical (unpaired) electrons. The number of carbonyl (C=O) groups excluding carboxylic acids is 1. The average Bonchev–Trinajstić information content (AvgIpc) is 3.13. The zero-order valence-electron chi connectivity index (χ0n) is 16.7. The molecule has 0 spiro atoms. The van der Waals surface area contributed by atoms with Crippen LogP contribution in [0.1, 0.15) is 11.1 Å². The molecule has 156 valence electrons. The first-order valence-corrected chi connectivity index (χ1v) is 11.0. The van der Waals surface area contributed by atoms with E-state index in [1.165, 1.54) is 17.3 Å². The fraction of sp³-hybridized carbons (Fsp3) is 0.318. The Bertz CT molecular complexity index is 1010. The second-order valence-corrected chi connectivity index (χ2v) is 8.26. The Labute approximate surface area is 179 Å². The van der Waals surface area contributed by atoms with Crippen LogP contribution >= 0.6 is 11.8 Å². The number of aromatic nitrogens is 3. The van der Waals surface area contributed by atoms with Crippen molar-refractivity contribution in [3.8, 4) is 0 Å². The van der Waals surface area contributed by atoms with Crippen LogP contribution in [0.4, 0.5) is 0 Å². The number of rotatable bonds is 7. The molecule has 0 saturated carbocycles. The molecule has 30 heavy (non-hydrogen) atoms. The van der Waals surface area contributed by atoms with Gasteiger partial charge in [-0.05, 0) is 11.1 Å². The van der Waals surface area contributed by atoms with E-state index < -0.39 is 0 Å². The zero-order chi connectivity index (χ0) is 20.8. The summed E-state index contributed by atoms with van der Waals surface area (Å²) in [4.78, 5) is 29.1. The molecule has 1 fully saturated rings. The first kappa shape index (κ1) is 20.4. The van der Waals surface area contributed by atoms with Gasteiger partial charge in [-0.2, -0.15) is 0 Å². The van der Waals surface area contributed by atoms with Gasteiger partial charge in [-0.25, -0.2) is 9.89 Å². The molecule has 1 aliphatic heterocycles. The Kier molecular flexibility index (Phi) is 6.66. The van der Waals surface area contributed by atoms with Crippen LogP contribution < -0.4 is 5.69 Å². The van der Waals surface area contributed by atoms with Crippen LogP contribution in [0, 0.1) is 0 Å². The fourth-order valence-corrected chi connectivity index (χ4v) is 4.38. The van der Waals surface area contributed by atoms with E-state index in [1.54, 1.807) is 4.57 Å². The summed E-state index contributed by atoms with van der Waals surface area (Å²) in [7, 11) is 0. The minimum Gasteiger partial charge on any atom is -0.339 e. The van der Waals surface area contributed by atoms with Crippen molar-refractivity contribution >= 4 is 17.7 Å². The maximum Gasteiger partial charge on any atom is 0.344 e. The Morgan fingerprint density at radius 3 is 2.13 bits per heavy atom. The predicted molar refractivity (Wildman–Crippen MR) is 117 cm³/mol. The summed E-state index contributed by atoms with van der Waals surface area (Å²) in [5, 5.41) is 7.13. The third-order valence-corrected chi connectivity index (χ3v) is 6.17. The number of hydrogen-bond acceptors (Lipinski definition) is 5. The molecule has 3 aromatic rings. The Balaban J connectivity index is 1.28. The van der Waals surface area contributed by atoms with E-state index in [0.717, 1.165) is 38.3 Å². The van der Waals surface area contributed by atoms with E-state index in [1.807, 2.05) is 41.3 Å². The van der Waals surface area contributed by atoms with Gasteiger partial charge >= 0.3 is 5.69 Å². The Morgan fingerprint density at radius 2 is 1.50 bits per heavy atom. The van der Waals surface area contributed by atoms with Crippen LogP contribution in [-0.2, 0) is 17.9 Å². The second-order valence-electron chi connectivity index (χ2n) is 7.31. The van der Waals surface area contributed by atoms with Crippen LogP contribution in [0.2, 0.25) is 0 Å². The quantitative estimate of drug-likeness (QED) is 0.589. The summed E-state index contributed by atoms with van der Waals surface area (Å²) >= 11 is 1.31. The first-order valence-electron chi connectivity index (χ1n) is 10.0. The molecule has 1 N–H and O–H groups in total. The molecule has 1 saturated heterocycles. The number of thioether (sulfide) groups is 1. The monoisotopic (exact) mass is 423 g/mol. The van der Waals surface area contributed by atoms with Crippen molar-refractivity contribution in [1.29, 1.82) is 0 Å². The predicted octanol–water partition coefficient (Wildman–Crippen LogP) is 2.06. The van der Waals surface area contributed by atoms with E-state index in [4.69, 9.17) is 0 Å². The Hall–Kier alpha value is -2.84. The molecule has 4 rings (SSSR count). The van der Waals surface area contributed by atoms with Crippen LogP contribution in [0.25, 0.3) is 0 Å². The second kappa shape index (κ2) is 9.77. The number of piperazine rings is 1. The van der Waals surface area contributed by atoms with E-state index >= 15 is 0 Å². The normalized spacial score (nSPS) is 14.7. The van der Waals surface area contributed by atoms with Crippen molar-refractivity contribution < 1.29 is 4.79 Å². The van der Waals surface area contributed by atoms with Gasteiger partial charge in [0.25, 0.3) is 0 Å². The number of benzene rings is 2. The highest BCUT2D eigenvalue weighted by Gasteiger charge is 2.22. The molecule has 1 aliphatic rings. The zero-order valence-corrected chi connectivity index (χ0v) is 17.6. The molecule has 0 unspecified atom stereocenters. The standard InChI is InChI=1S/C22H25N5O2S/c28-20(26-13-11-25(12-14-26)15-18-7-3-1-4-8-18)17-30-22-24-23-21(29)27(22)16-19-9-5-2-6-10-19/h1-10H,11-17H2,(H,23,29). The van der Waals surface area contributed by atoms with Gasteiger partial charge in [0.1, 0.15) is 0 Å².